The number of aromatic nitrogens is 1. The summed E-state index contributed by atoms with van der Waals surface area (Å²) in [5.41, 5.74) is 0.753. The van der Waals surface area contributed by atoms with E-state index in [4.69, 9.17) is 9.47 Å². The van der Waals surface area contributed by atoms with E-state index in [2.05, 4.69) is 9.88 Å². The standard InChI is InChI=1S/C18H27N3O3/c22-17(16-2-1-6-19-16)21-8-11-24-14-18(13-21)5-7-20(12-18)15-3-9-23-10-4-15/h1-2,6,15,19H,3-5,7-14H2/t18-/m1/s1. The van der Waals surface area contributed by atoms with Crippen molar-refractivity contribution in [1.29, 1.82) is 0 Å². The molecule has 0 bridgehead atoms. The Kier molecular flexibility index (Phi) is 4.61. The number of ether oxygens (including phenoxy) is 2. The van der Waals surface area contributed by atoms with Crippen LogP contribution in [-0.2, 0) is 9.47 Å². The van der Waals surface area contributed by atoms with Crippen LogP contribution in [0.5, 0.6) is 0 Å². The molecule has 4 heterocycles. The van der Waals surface area contributed by atoms with Crippen LogP contribution in [0.3, 0.4) is 0 Å². The highest BCUT2D eigenvalue weighted by Crippen LogP contribution is 2.36. The first-order valence-corrected chi connectivity index (χ1v) is 9.08. The zero-order valence-corrected chi connectivity index (χ0v) is 14.2. The summed E-state index contributed by atoms with van der Waals surface area (Å²) in [6.07, 6.45) is 5.17. The maximum atomic E-state index is 12.7. The first kappa shape index (κ1) is 16.1. The van der Waals surface area contributed by atoms with Crippen molar-refractivity contribution in [2.24, 2.45) is 5.41 Å². The average molecular weight is 333 g/mol. The Hall–Kier alpha value is -1.37. The molecule has 1 spiro atoms. The number of aromatic amines is 1. The van der Waals surface area contributed by atoms with Crippen molar-refractivity contribution in [3.05, 3.63) is 24.0 Å². The van der Waals surface area contributed by atoms with Crippen LogP contribution in [0.1, 0.15) is 29.8 Å². The van der Waals surface area contributed by atoms with Gasteiger partial charge in [0.05, 0.1) is 13.2 Å². The Labute approximate surface area is 143 Å². The highest BCUT2D eigenvalue weighted by atomic mass is 16.5. The number of nitrogens with zero attached hydrogens (tertiary/aromatic N) is 2. The molecule has 3 fully saturated rings. The Morgan fingerprint density at radius 1 is 1.17 bits per heavy atom. The molecular weight excluding hydrogens is 306 g/mol. The summed E-state index contributed by atoms with van der Waals surface area (Å²) in [5, 5.41) is 0. The molecule has 1 aromatic rings. The molecule has 0 aliphatic carbocycles. The Morgan fingerprint density at radius 3 is 2.83 bits per heavy atom. The Balaban J connectivity index is 1.45. The van der Waals surface area contributed by atoms with Gasteiger partial charge in [-0.2, -0.15) is 0 Å². The lowest BCUT2D eigenvalue weighted by molar-refractivity contribution is 0.0284. The Morgan fingerprint density at radius 2 is 2.04 bits per heavy atom. The molecule has 0 unspecified atom stereocenters. The maximum Gasteiger partial charge on any atom is 0.270 e. The zero-order chi connectivity index (χ0) is 16.4. The lowest BCUT2D eigenvalue weighted by Gasteiger charge is -2.35. The van der Waals surface area contributed by atoms with Crippen LogP contribution < -0.4 is 0 Å². The zero-order valence-electron chi connectivity index (χ0n) is 14.2. The third kappa shape index (κ3) is 3.23. The largest absolute Gasteiger partial charge is 0.381 e. The monoisotopic (exact) mass is 333 g/mol. The summed E-state index contributed by atoms with van der Waals surface area (Å²) >= 11 is 0. The second kappa shape index (κ2) is 6.86. The number of likely N-dealkylation sites (tertiary alicyclic amines) is 1. The minimum Gasteiger partial charge on any atom is -0.381 e. The van der Waals surface area contributed by atoms with Gasteiger partial charge in [0.2, 0.25) is 0 Å². The molecule has 1 atom stereocenters. The van der Waals surface area contributed by atoms with E-state index in [1.165, 1.54) is 0 Å². The van der Waals surface area contributed by atoms with E-state index in [1.807, 2.05) is 17.0 Å². The fourth-order valence-corrected chi connectivity index (χ4v) is 4.38. The van der Waals surface area contributed by atoms with Crippen LogP contribution in [0.15, 0.2) is 18.3 Å². The SMILES string of the molecule is O=C(c1ccc[nH]1)N1CCOC[C@@]2(CCN(C3CCOCC3)C2)C1. The van der Waals surface area contributed by atoms with E-state index >= 15 is 0 Å². The number of carbonyl (C=O) groups is 1. The third-order valence-corrected chi connectivity index (χ3v) is 5.73. The Bertz CT molecular complexity index is 556. The summed E-state index contributed by atoms with van der Waals surface area (Å²) in [5.74, 6) is 0.0920. The van der Waals surface area contributed by atoms with E-state index in [-0.39, 0.29) is 11.3 Å². The molecule has 132 valence electrons. The predicted octanol–water partition coefficient (Wildman–Crippen LogP) is 1.36. The smallest absolute Gasteiger partial charge is 0.270 e. The third-order valence-electron chi connectivity index (χ3n) is 5.73. The molecule has 1 N–H and O–H groups in total. The molecule has 0 aromatic carbocycles. The predicted molar refractivity (Wildman–Crippen MR) is 90.0 cm³/mol. The quantitative estimate of drug-likeness (QED) is 0.888. The molecule has 3 aliphatic heterocycles. The summed E-state index contributed by atoms with van der Waals surface area (Å²) < 4.78 is 11.4. The molecule has 0 saturated carbocycles. The van der Waals surface area contributed by atoms with Crippen LogP contribution in [-0.4, -0.2) is 79.3 Å². The summed E-state index contributed by atoms with van der Waals surface area (Å²) in [7, 11) is 0. The van der Waals surface area contributed by atoms with Gasteiger partial charge in [0.1, 0.15) is 5.69 Å². The van der Waals surface area contributed by atoms with Crippen molar-refractivity contribution in [2.75, 3.05) is 52.6 Å². The van der Waals surface area contributed by atoms with Gasteiger partial charge in [0, 0.05) is 50.5 Å². The van der Waals surface area contributed by atoms with Gasteiger partial charge in [-0.15, -0.1) is 0 Å². The molecular formula is C18H27N3O3. The maximum absolute atomic E-state index is 12.7. The minimum atomic E-state index is 0.0804. The molecule has 3 saturated heterocycles. The number of H-pyrrole nitrogens is 1. The van der Waals surface area contributed by atoms with Crippen molar-refractivity contribution in [3.63, 3.8) is 0 Å². The van der Waals surface area contributed by atoms with Crippen molar-refractivity contribution in [2.45, 2.75) is 25.3 Å². The molecule has 0 radical (unpaired) electrons. The molecule has 6 nitrogen and oxygen atoms in total. The molecule has 4 rings (SSSR count). The normalized spacial score (nSPS) is 29.9. The van der Waals surface area contributed by atoms with E-state index in [0.29, 0.717) is 24.9 Å². The van der Waals surface area contributed by atoms with Gasteiger partial charge in [0.15, 0.2) is 0 Å². The van der Waals surface area contributed by atoms with Gasteiger partial charge in [-0.1, -0.05) is 0 Å². The van der Waals surface area contributed by atoms with Crippen LogP contribution in [0.4, 0.5) is 0 Å². The van der Waals surface area contributed by atoms with Crippen LogP contribution in [0, 0.1) is 5.41 Å². The fraction of sp³-hybridized carbons (Fsp3) is 0.722. The number of nitrogens with one attached hydrogen (secondary N) is 1. The number of hydrogen-bond acceptors (Lipinski definition) is 4. The van der Waals surface area contributed by atoms with E-state index in [9.17, 15) is 4.79 Å². The molecule has 24 heavy (non-hydrogen) atoms. The van der Waals surface area contributed by atoms with Crippen molar-refractivity contribution in [1.82, 2.24) is 14.8 Å². The second-order valence-electron chi connectivity index (χ2n) is 7.43. The van der Waals surface area contributed by atoms with Crippen molar-refractivity contribution < 1.29 is 14.3 Å². The van der Waals surface area contributed by atoms with Gasteiger partial charge < -0.3 is 19.4 Å². The molecule has 1 aromatic heterocycles. The van der Waals surface area contributed by atoms with E-state index in [1.54, 1.807) is 6.20 Å². The molecule has 3 aliphatic rings. The molecule has 1 amide bonds. The number of amides is 1. The molecule has 6 heteroatoms. The van der Waals surface area contributed by atoms with Crippen LogP contribution >= 0.6 is 0 Å². The summed E-state index contributed by atoms with van der Waals surface area (Å²) in [4.78, 5) is 20.4. The van der Waals surface area contributed by atoms with E-state index in [0.717, 1.165) is 58.7 Å². The first-order valence-electron chi connectivity index (χ1n) is 9.08. The van der Waals surface area contributed by atoms with Gasteiger partial charge in [-0.25, -0.2) is 0 Å². The van der Waals surface area contributed by atoms with Crippen molar-refractivity contribution in [3.8, 4) is 0 Å². The minimum absolute atomic E-state index is 0.0804. The van der Waals surface area contributed by atoms with Crippen LogP contribution in [0.25, 0.3) is 0 Å². The first-order chi connectivity index (χ1) is 11.8. The second-order valence-corrected chi connectivity index (χ2v) is 7.43. The summed E-state index contributed by atoms with van der Waals surface area (Å²) in [6, 6.07) is 4.36. The summed E-state index contributed by atoms with van der Waals surface area (Å²) in [6.45, 7) is 6.77. The number of rotatable bonds is 2. The van der Waals surface area contributed by atoms with Crippen molar-refractivity contribution >= 4 is 5.91 Å². The fourth-order valence-electron chi connectivity index (χ4n) is 4.38. The number of carbonyl (C=O) groups excluding carboxylic acids is 1. The van der Waals surface area contributed by atoms with Gasteiger partial charge >= 0.3 is 0 Å². The van der Waals surface area contributed by atoms with Gasteiger partial charge in [-0.3, -0.25) is 9.69 Å². The lowest BCUT2D eigenvalue weighted by Crippen LogP contribution is -2.45. The van der Waals surface area contributed by atoms with E-state index < -0.39 is 0 Å². The highest BCUT2D eigenvalue weighted by Gasteiger charge is 2.44. The van der Waals surface area contributed by atoms with Gasteiger partial charge in [0.25, 0.3) is 5.91 Å². The number of hydrogen-bond donors (Lipinski definition) is 1. The average Bonchev–Trinajstić information content (AvgIpc) is 3.24. The lowest BCUT2D eigenvalue weighted by atomic mass is 9.87. The topological polar surface area (TPSA) is 57.8 Å². The van der Waals surface area contributed by atoms with Crippen LogP contribution in [0.2, 0.25) is 0 Å². The van der Waals surface area contributed by atoms with Gasteiger partial charge in [-0.05, 0) is 37.9 Å². The highest BCUT2D eigenvalue weighted by molar-refractivity contribution is 5.92.